The van der Waals surface area contributed by atoms with Gasteiger partial charge in [0.25, 0.3) is 0 Å². The number of aromatic nitrogens is 4. The average Bonchev–Trinajstić information content (AvgIpc) is 3.16. The van der Waals surface area contributed by atoms with Gasteiger partial charge >= 0.3 is 0 Å². The molecule has 9 heteroatoms. The van der Waals surface area contributed by atoms with Crippen molar-refractivity contribution in [2.24, 2.45) is 0 Å². The third-order valence-electron chi connectivity index (χ3n) is 3.88. The fourth-order valence-electron chi connectivity index (χ4n) is 2.36. The topological polar surface area (TPSA) is 64.7 Å². The normalized spacial score (nSPS) is 12.2. The van der Waals surface area contributed by atoms with Crippen LogP contribution < -0.4 is 5.32 Å². The number of aryl methyl sites for hydroxylation is 1. The van der Waals surface area contributed by atoms with Gasteiger partial charge in [-0.2, -0.15) is 10.2 Å². The molecule has 2 aromatic heterocycles. The van der Waals surface area contributed by atoms with E-state index in [1.54, 1.807) is 40.9 Å². The first-order valence-corrected chi connectivity index (χ1v) is 8.99. The zero-order valence-corrected chi connectivity index (χ0v) is 16.4. The van der Waals surface area contributed by atoms with Gasteiger partial charge in [0, 0.05) is 17.4 Å². The van der Waals surface area contributed by atoms with Gasteiger partial charge in [-0.05, 0) is 47.5 Å². The second-order valence-corrected chi connectivity index (χ2v) is 7.13. The zero-order valence-electron chi connectivity index (χ0n) is 14.1. The van der Waals surface area contributed by atoms with Gasteiger partial charge in [0.05, 0.1) is 28.6 Å². The van der Waals surface area contributed by atoms with E-state index in [-0.39, 0.29) is 11.7 Å². The molecule has 1 unspecified atom stereocenters. The molecule has 2 heterocycles. The molecule has 0 spiro atoms. The molecular formula is C17H16BrClFN5O. The van der Waals surface area contributed by atoms with Crippen LogP contribution in [-0.4, -0.2) is 25.5 Å². The molecule has 0 saturated carbocycles. The van der Waals surface area contributed by atoms with Crippen molar-refractivity contribution in [2.45, 2.75) is 26.4 Å². The molecule has 6 nitrogen and oxygen atoms in total. The minimum Gasteiger partial charge on any atom is -0.322 e. The Labute approximate surface area is 163 Å². The minimum absolute atomic E-state index is 0.209. The van der Waals surface area contributed by atoms with Crippen LogP contribution >= 0.6 is 27.5 Å². The summed E-state index contributed by atoms with van der Waals surface area (Å²) in [5, 5.41) is 11.6. The van der Waals surface area contributed by atoms with Crippen LogP contribution in [0.25, 0.3) is 0 Å². The van der Waals surface area contributed by atoms with Gasteiger partial charge in [0.15, 0.2) is 0 Å². The van der Waals surface area contributed by atoms with Gasteiger partial charge in [0.2, 0.25) is 5.91 Å². The Kier molecular flexibility index (Phi) is 5.43. The van der Waals surface area contributed by atoms with E-state index >= 15 is 0 Å². The summed E-state index contributed by atoms with van der Waals surface area (Å²) >= 11 is 9.41. The molecule has 1 aromatic carbocycles. The molecule has 136 valence electrons. The molecule has 3 rings (SSSR count). The first kappa shape index (κ1) is 18.6. The van der Waals surface area contributed by atoms with E-state index in [0.29, 0.717) is 17.3 Å². The maximum absolute atomic E-state index is 13.1. The third-order valence-corrected chi connectivity index (χ3v) is 5.01. The lowest BCUT2D eigenvalue weighted by Gasteiger charge is -2.11. The SMILES string of the molecule is Cc1nn(C(C)C(=O)Nc2cnn(Cc3ccc(F)cc3Cl)c2)cc1Br. The Bertz CT molecular complexity index is 935. The summed E-state index contributed by atoms with van der Waals surface area (Å²) in [7, 11) is 0. The molecule has 0 aliphatic rings. The second kappa shape index (κ2) is 7.59. The molecule has 0 radical (unpaired) electrons. The highest BCUT2D eigenvalue weighted by Gasteiger charge is 2.18. The summed E-state index contributed by atoms with van der Waals surface area (Å²) in [6, 6.07) is 3.74. The number of nitrogens with zero attached hydrogens (tertiary/aromatic N) is 4. The van der Waals surface area contributed by atoms with Gasteiger partial charge < -0.3 is 5.32 Å². The van der Waals surface area contributed by atoms with E-state index < -0.39 is 6.04 Å². The van der Waals surface area contributed by atoms with Crippen molar-refractivity contribution in [3.63, 3.8) is 0 Å². The van der Waals surface area contributed by atoms with E-state index in [4.69, 9.17) is 11.6 Å². The fraction of sp³-hybridized carbons (Fsp3) is 0.235. The number of anilines is 1. The number of nitrogens with one attached hydrogen (secondary N) is 1. The molecule has 0 aliphatic heterocycles. The lowest BCUT2D eigenvalue weighted by molar-refractivity contribution is -0.119. The van der Waals surface area contributed by atoms with Crippen molar-refractivity contribution in [1.29, 1.82) is 0 Å². The minimum atomic E-state index is -0.477. The van der Waals surface area contributed by atoms with Crippen LogP contribution in [0, 0.1) is 12.7 Å². The zero-order chi connectivity index (χ0) is 18.8. The quantitative estimate of drug-likeness (QED) is 0.647. The van der Waals surface area contributed by atoms with Crippen LogP contribution in [0.5, 0.6) is 0 Å². The highest BCUT2D eigenvalue weighted by Crippen LogP contribution is 2.20. The first-order chi connectivity index (χ1) is 12.3. The largest absolute Gasteiger partial charge is 0.322 e. The molecular weight excluding hydrogens is 425 g/mol. The van der Waals surface area contributed by atoms with Crippen molar-refractivity contribution < 1.29 is 9.18 Å². The summed E-state index contributed by atoms with van der Waals surface area (Å²) in [6.07, 6.45) is 5.00. The number of carbonyl (C=O) groups excluding carboxylic acids is 1. The van der Waals surface area contributed by atoms with E-state index in [1.807, 2.05) is 6.92 Å². The van der Waals surface area contributed by atoms with Crippen LogP contribution in [0.15, 0.2) is 41.3 Å². The molecule has 1 atom stereocenters. The predicted octanol–water partition coefficient (Wildman–Crippen LogP) is 4.19. The van der Waals surface area contributed by atoms with Crippen LogP contribution in [0.4, 0.5) is 10.1 Å². The molecule has 0 saturated heterocycles. The third kappa shape index (κ3) is 4.13. The van der Waals surface area contributed by atoms with Crippen LogP contribution in [0.1, 0.15) is 24.2 Å². The maximum atomic E-state index is 13.1. The molecule has 0 bridgehead atoms. The summed E-state index contributed by atoms with van der Waals surface area (Å²) in [6.45, 7) is 3.99. The van der Waals surface area contributed by atoms with Crippen molar-refractivity contribution in [3.8, 4) is 0 Å². The highest BCUT2D eigenvalue weighted by molar-refractivity contribution is 9.10. The maximum Gasteiger partial charge on any atom is 0.249 e. The standard InChI is InChI=1S/C17H16BrClFN5O/c1-10-15(18)9-25(23-10)11(2)17(26)22-14-6-21-24(8-14)7-12-3-4-13(20)5-16(12)19/h3-6,8-9,11H,7H2,1-2H3,(H,22,26). The van der Waals surface area contributed by atoms with E-state index in [0.717, 1.165) is 15.7 Å². The van der Waals surface area contributed by atoms with E-state index in [2.05, 4.69) is 31.4 Å². The molecule has 1 N–H and O–H groups in total. The number of carbonyl (C=O) groups is 1. The van der Waals surface area contributed by atoms with Crippen molar-refractivity contribution in [3.05, 3.63) is 63.4 Å². The van der Waals surface area contributed by atoms with Gasteiger partial charge in [0.1, 0.15) is 11.9 Å². The van der Waals surface area contributed by atoms with Gasteiger partial charge in [-0.15, -0.1) is 0 Å². The molecule has 0 fully saturated rings. The summed E-state index contributed by atoms with van der Waals surface area (Å²) in [5.74, 6) is -0.596. The number of hydrogen-bond donors (Lipinski definition) is 1. The van der Waals surface area contributed by atoms with Gasteiger partial charge in [-0.1, -0.05) is 17.7 Å². The van der Waals surface area contributed by atoms with E-state index in [1.165, 1.54) is 12.1 Å². The Balaban J connectivity index is 1.67. The Morgan fingerprint density at radius 3 is 2.85 bits per heavy atom. The lowest BCUT2D eigenvalue weighted by atomic mass is 10.2. The summed E-state index contributed by atoms with van der Waals surface area (Å²) < 4.78 is 17.2. The number of hydrogen-bond acceptors (Lipinski definition) is 3. The van der Waals surface area contributed by atoms with Gasteiger partial charge in [-0.3, -0.25) is 14.2 Å². The van der Waals surface area contributed by atoms with Crippen molar-refractivity contribution in [1.82, 2.24) is 19.6 Å². The smallest absolute Gasteiger partial charge is 0.249 e. The number of benzene rings is 1. The predicted molar refractivity (Wildman–Crippen MR) is 101 cm³/mol. The lowest BCUT2D eigenvalue weighted by Crippen LogP contribution is -2.23. The second-order valence-electron chi connectivity index (χ2n) is 5.87. The highest BCUT2D eigenvalue weighted by atomic mass is 79.9. The van der Waals surface area contributed by atoms with Crippen LogP contribution in [0.3, 0.4) is 0 Å². The van der Waals surface area contributed by atoms with Crippen LogP contribution in [-0.2, 0) is 11.3 Å². The average molecular weight is 441 g/mol. The monoisotopic (exact) mass is 439 g/mol. The van der Waals surface area contributed by atoms with Gasteiger partial charge in [-0.25, -0.2) is 4.39 Å². The van der Waals surface area contributed by atoms with E-state index in [9.17, 15) is 9.18 Å². The molecule has 0 aliphatic carbocycles. The summed E-state index contributed by atoms with van der Waals surface area (Å²) in [5.41, 5.74) is 2.11. The first-order valence-electron chi connectivity index (χ1n) is 7.82. The fourth-order valence-corrected chi connectivity index (χ4v) is 2.88. The number of rotatable bonds is 5. The number of halogens is 3. The van der Waals surface area contributed by atoms with Crippen molar-refractivity contribution in [2.75, 3.05) is 5.32 Å². The molecule has 1 amide bonds. The molecule has 26 heavy (non-hydrogen) atoms. The molecule has 3 aromatic rings. The van der Waals surface area contributed by atoms with Crippen molar-refractivity contribution >= 4 is 39.1 Å². The Hall–Kier alpha value is -2.19. The Morgan fingerprint density at radius 2 is 2.19 bits per heavy atom. The Morgan fingerprint density at radius 1 is 1.42 bits per heavy atom. The van der Waals surface area contributed by atoms with Crippen LogP contribution in [0.2, 0.25) is 5.02 Å². The number of amides is 1. The summed E-state index contributed by atoms with van der Waals surface area (Å²) in [4.78, 5) is 12.4.